The molecular weight excluding hydrogens is 218 g/mol. The molecule has 0 bridgehead atoms. The van der Waals surface area contributed by atoms with Crippen molar-refractivity contribution >= 4 is 0 Å². The molecule has 1 aromatic heterocycles. The molecule has 0 aromatic carbocycles. The molecule has 1 saturated heterocycles. The van der Waals surface area contributed by atoms with Crippen LogP contribution >= 0.6 is 0 Å². The highest BCUT2D eigenvalue weighted by Gasteiger charge is 2.18. The van der Waals surface area contributed by atoms with Crippen LogP contribution in [0.2, 0.25) is 0 Å². The third kappa shape index (κ3) is 3.76. The second kappa shape index (κ2) is 6.09. The molecule has 0 aliphatic carbocycles. The van der Waals surface area contributed by atoms with E-state index < -0.39 is 0 Å². The number of hydrogen-bond donors (Lipinski definition) is 1. The molecule has 1 aliphatic rings. The quantitative estimate of drug-likeness (QED) is 0.759. The number of rotatable bonds is 5. The number of likely N-dealkylation sites (N-methyl/N-ethyl adjacent to an activating group) is 1. The summed E-state index contributed by atoms with van der Waals surface area (Å²) in [4.78, 5) is 2.41. The minimum absolute atomic E-state index is 0.292. The van der Waals surface area contributed by atoms with Crippen LogP contribution in [0.15, 0.2) is 6.20 Å². The molecule has 17 heavy (non-hydrogen) atoms. The zero-order chi connectivity index (χ0) is 12.1. The predicted octanol–water partition coefficient (Wildman–Crippen LogP) is -0.375. The number of aryl methyl sites for hydroxylation is 1. The topological polar surface area (TPSA) is 55.2 Å². The molecule has 0 spiro atoms. The van der Waals surface area contributed by atoms with E-state index in [-0.39, 0.29) is 0 Å². The Hall–Kier alpha value is -0.980. The summed E-state index contributed by atoms with van der Waals surface area (Å²) in [6.45, 7) is 7.82. The third-order valence-electron chi connectivity index (χ3n) is 3.00. The first kappa shape index (κ1) is 12.5. The van der Waals surface area contributed by atoms with Crippen LogP contribution < -0.4 is 5.32 Å². The summed E-state index contributed by atoms with van der Waals surface area (Å²) < 4.78 is 7.42. The van der Waals surface area contributed by atoms with Gasteiger partial charge in [-0.1, -0.05) is 12.1 Å². The lowest BCUT2D eigenvalue weighted by atomic mass is 10.2. The Balaban J connectivity index is 1.68. The van der Waals surface area contributed by atoms with Crippen molar-refractivity contribution in [2.45, 2.75) is 19.6 Å². The van der Waals surface area contributed by atoms with Crippen LogP contribution in [-0.2, 0) is 18.3 Å². The van der Waals surface area contributed by atoms with Gasteiger partial charge in [0.05, 0.1) is 18.4 Å². The van der Waals surface area contributed by atoms with E-state index in [9.17, 15) is 0 Å². The SMILES string of the molecule is CCN1CCOC(CNCc2cn(C)nn2)C1. The highest BCUT2D eigenvalue weighted by atomic mass is 16.5. The van der Waals surface area contributed by atoms with Crippen molar-refractivity contribution in [2.24, 2.45) is 7.05 Å². The fourth-order valence-electron chi connectivity index (χ4n) is 2.03. The summed E-state index contributed by atoms with van der Waals surface area (Å²) in [6.07, 6.45) is 2.22. The summed E-state index contributed by atoms with van der Waals surface area (Å²) >= 11 is 0. The largest absolute Gasteiger partial charge is 0.374 e. The fraction of sp³-hybridized carbons (Fsp3) is 0.818. The van der Waals surface area contributed by atoms with Crippen molar-refractivity contribution in [3.8, 4) is 0 Å². The van der Waals surface area contributed by atoms with E-state index in [1.807, 2.05) is 13.2 Å². The van der Waals surface area contributed by atoms with Gasteiger partial charge < -0.3 is 10.1 Å². The van der Waals surface area contributed by atoms with Crippen LogP contribution in [0, 0.1) is 0 Å². The average Bonchev–Trinajstić information content (AvgIpc) is 2.75. The molecule has 1 aliphatic heterocycles. The number of nitrogens with zero attached hydrogens (tertiary/aromatic N) is 4. The van der Waals surface area contributed by atoms with Crippen LogP contribution in [0.3, 0.4) is 0 Å². The van der Waals surface area contributed by atoms with Crippen molar-refractivity contribution in [3.63, 3.8) is 0 Å². The van der Waals surface area contributed by atoms with Gasteiger partial charge in [-0.05, 0) is 6.54 Å². The Morgan fingerprint density at radius 1 is 1.59 bits per heavy atom. The Kier molecular flexibility index (Phi) is 4.47. The first-order valence-corrected chi connectivity index (χ1v) is 6.18. The zero-order valence-electron chi connectivity index (χ0n) is 10.6. The van der Waals surface area contributed by atoms with E-state index in [2.05, 4.69) is 27.5 Å². The van der Waals surface area contributed by atoms with E-state index >= 15 is 0 Å². The number of aromatic nitrogens is 3. The van der Waals surface area contributed by atoms with Gasteiger partial charge in [-0.15, -0.1) is 5.10 Å². The maximum Gasteiger partial charge on any atom is 0.0964 e. The van der Waals surface area contributed by atoms with Gasteiger partial charge in [-0.25, -0.2) is 0 Å². The van der Waals surface area contributed by atoms with Gasteiger partial charge in [-0.2, -0.15) is 0 Å². The Morgan fingerprint density at radius 3 is 3.18 bits per heavy atom. The molecule has 1 N–H and O–H groups in total. The number of hydrogen-bond acceptors (Lipinski definition) is 5. The van der Waals surface area contributed by atoms with Crippen molar-refractivity contribution in [1.29, 1.82) is 0 Å². The molecule has 0 radical (unpaired) electrons. The van der Waals surface area contributed by atoms with E-state index in [1.165, 1.54) is 0 Å². The van der Waals surface area contributed by atoms with E-state index in [1.54, 1.807) is 4.68 Å². The molecule has 2 heterocycles. The number of morpholine rings is 1. The van der Waals surface area contributed by atoms with Crippen LogP contribution in [0.25, 0.3) is 0 Å². The molecule has 6 nitrogen and oxygen atoms in total. The van der Waals surface area contributed by atoms with Crippen LogP contribution in [0.5, 0.6) is 0 Å². The fourth-order valence-corrected chi connectivity index (χ4v) is 2.03. The maximum absolute atomic E-state index is 5.71. The van der Waals surface area contributed by atoms with Gasteiger partial charge in [0.2, 0.25) is 0 Å². The van der Waals surface area contributed by atoms with Crippen molar-refractivity contribution in [1.82, 2.24) is 25.2 Å². The summed E-state index contributed by atoms with van der Waals surface area (Å²) in [6, 6.07) is 0. The maximum atomic E-state index is 5.71. The lowest BCUT2D eigenvalue weighted by Crippen LogP contribution is -2.46. The third-order valence-corrected chi connectivity index (χ3v) is 3.00. The van der Waals surface area contributed by atoms with Crippen molar-refractivity contribution in [3.05, 3.63) is 11.9 Å². The van der Waals surface area contributed by atoms with E-state index in [4.69, 9.17) is 4.74 Å². The summed E-state index contributed by atoms with van der Waals surface area (Å²) in [5.74, 6) is 0. The van der Waals surface area contributed by atoms with Gasteiger partial charge in [-0.3, -0.25) is 9.58 Å². The van der Waals surface area contributed by atoms with Gasteiger partial charge >= 0.3 is 0 Å². The molecule has 0 amide bonds. The second-order valence-corrected chi connectivity index (χ2v) is 4.40. The smallest absolute Gasteiger partial charge is 0.0964 e. The monoisotopic (exact) mass is 239 g/mol. The van der Waals surface area contributed by atoms with Gasteiger partial charge in [0, 0.05) is 39.4 Å². The van der Waals surface area contributed by atoms with Crippen LogP contribution in [-0.4, -0.2) is 58.8 Å². The minimum Gasteiger partial charge on any atom is -0.374 e. The second-order valence-electron chi connectivity index (χ2n) is 4.40. The lowest BCUT2D eigenvalue weighted by Gasteiger charge is -2.32. The van der Waals surface area contributed by atoms with Crippen molar-refractivity contribution < 1.29 is 4.74 Å². The first-order chi connectivity index (χ1) is 8.28. The summed E-state index contributed by atoms with van der Waals surface area (Å²) in [5, 5.41) is 11.3. The van der Waals surface area contributed by atoms with Gasteiger partial charge in [0.1, 0.15) is 0 Å². The molecule has 1 aromatic rings. The van der Waals surface area contributed by atoms with E-state index in [0.29, 0.717) is 6.10 Å². The summed E-state index contributed by atoms with van der Waals surface area (Å²) in [7, 11) is 1.87. The van der Waals surface area contributed by atoms with E-state index in [0.717, 1.165) is 45.0 Å². The lowest BCUT2D eigenvalue weighted by molar-refractivity contribution is -0.0254. The predicted molar refractivity (Wildman–Crippen MR) is 64.6 cm³/mol. The molecule has 1 atom stereocenters. The molecule has 1 fully saturated rings. The molecular formula is C11H21N5O. The minimum atomic E-state index is 0.292. The highest BCUT2D eigenvalue weighted by molar-refractivity contribution is 4.91. The van der Waals surface area contributed by atoms with Gasteiger partial charge in [0.15, 0.2) is 0 Å². The van der Waals surface area contributed by atoms with Crippen LogP contribution in [0.4, 0.5) is 0 Å². The first-order valence-electron chi connectivity index (χ1n) is 6.18. The highest BCUT2D eigenvalue weighted by Crippen LogP contribution is 2.03. The molecule has 96 valence electrons. The zero-order valence-corrected chi connectivity index (χ0v) is 10.6. The molecule has 1 unspecified atom stereocenters. The average molecular weight is 239 g/mol. The Bertz CT molecular complexity index is 340. The number of ether oxygens (including phenoxy) is 1. The Labute approximate surface area is 102 Å². The summed E-state index contributed by atoms with van der Waals surface area (Å²) in [5.41, 5.74) is 0.968. The Morgan fingerprint density at radius 2 is 2.47 bits per heavy atom. The molecule has 2 rings (SSSR count). The van der Waals surface area contributed by atoms with Crippen molar-refractivity contribution in [2.75, 3.05) is 32.8 Å². The van der Waals surface area contributed by atoms with Gasteiger partial charge in [0.25, 0.3) is 0 Å². The standard InChI is InChI=1S/C11H21N5O/c1-3-16-4-5-17-11(9-16)7-12-6-10-8-15(2)14-13-10/h8,11-12H,3-7,9H2,1-2H3. The van der Waals surface area contributed by atoms with Crippen LogP contribution in [0.1, 0.15) is 12.6 Å². The number of nitrogens with one attached hydrogen (secondary N) is 1. The molecule has 0 saturated carbocycles. The molecule has 6 heteroatoms. The normalized spacial score (nSPS) is 21.9.